The van der Waals surface area contributed by atoms with E-state index < -0.39 is 6.04 Å². The Hall–Kier alpha value is -3.66. The van der Waals surface area contributed by atoms with Crippen molar-refractivity contribution in [1.82, 2.24) is 30.5 Å². The number of anilines is 1. The molecule has 0 spiro atoms. The molecule has 10 heteroatoms. The molecular formula is C25H27N7O2S. The summed E-state index contributed by atoms with van der Waals surface area (Å²) in [5.74, 6) is 0.0232. The van der Waals surface area contributed by atoms with Crippen LogP contribution in [-0.2, 0) is 16.1 Å². The van der Waals surface area contributed by atoms with Crippen molar-refractivity contribution < 1.29 is 9.59 Å². The van der Waals surface area contributed by atoms with Crippen molar-refractivity contribution in [3.8, 4) is 10.7 Å². The summed E-state index contributed by atoms with van der Waals surface area (Å²) < 4.78 is 0. The number of amides is 2. The number of carbonyl (C=O) groups excluding carboxylic acids is 2. The lowest BCUT2D eigenvalue weighted by Crippen LogP contribution is -2.52. The molecule has 3 heterocycles. The molecule has 2 amide bonds. The van der Waals surface area contributed by atoms with E-state index in [4.69, 9.17) is 0 Å². The Balaban J connectivity index is 1.45. The molecule has 1 saturated carbocycles. The van der Waals surface area contributed by atoms with Gasteiger partial charge in [0.1, 0.15) is 12.6 Å². The topological polar surface area (TPSA) is 106 Å². The maximum atomic E-state index is 13.7. The third-order valence-electron chi connectivity index (χ3n) is 6.30. The first-order chi connectivity index (χ1) is 17.1. The van der Waals surface area contributed by atoms with Crippen LogP contribution in [0, 0.1) is 0 Å². The van der Waals surface area contributed by atoms with Gasteiger partial charge in [-0.3, -0.25) is 19.5 Å². The van der Waals surface area contributed by atoms with Gasteiger partial charge in [-0.1, -0.05) is 44.0 Å². The van der Waals surface area contributed by atoms with Gasteiger partial charge < -0.3 is 5.32 Å². The molecule has 3 aromatic heterocycles. The molecule has 0 saturated heterocycles. The van der Waals surface area contributed by atoms with E-state index in [1.165, 1.54) is 21.0 Å². The molecule has 1 aliphatic rings. The van der Waals surface area contributed by atoms with Crippen LogP contribution in [0.1, 0.15) is 39.0 Å². The fraction of sp³-hybridized carbons (Fsp3) is 0.360. The Labute approximate surface area is 207 Å². The molecule has 1 N–H and O–H groups in total. The van der Waals surface area contributed by atoms with E-state index in [9.17, 15) is 9.59 Å². The van der Waals surface area contributed by atoms with Gasteiger partial charge in [-0.25, -0.2) is 0 Å². The SMILES string of the molecule is CCC(C(=O)NC1CCCC1)N(C(=O)Cn1nnc(-c2cccs2)n1)c1cnc2ccccc2c1. The Morgan fingerprint density at radius 3 is 2.80 bits per heavy atom. The molecule has 1 aliphatic carbocycles. The van der Waals surface area contributed by atoms with Crippen molar-refractivity contribution in [2.45, 2.75) is 57.7 Å². The van der Waals surface area contributed by atoms with Crippen LogP contribution >= 0.6 is 11.3 Å². The number of nitrogens with zero attached hydrogens (tertiary/aromatic N) is 6. The number of carbonyl (C=O) groups is 2. The normalized spacial score (nSPS) is 14.8. The average molecular weight is 490 g/mol. The van der Waals surface area contributed by atoms with Crippen LogP contribution < -0.4 is 10.2 Å². The fourth-order valence-electron chi connectivity index (χ4n) is 4.55. The maximum Gasteiger partial charge on any atom is 0.251 e. The molecule has 0 radical (unpaired) electrons. The van der Waals surface area contributed by atoms with E-state index in [1.807, 2.05) is 54.8 Å². The standard InChI is InChI=1S/C25H27N7O2S/c1-2-21(25(34)27-18-9-4-5-10-18)32(19-14-17-8-3-6-11-20(17)26-15-19)23(33)16-31-29-24(28-30-31)22-12-7-13-35-22/h3,6-8,11-15,18,21H,2,4-5,9-10,16H2,1H3,(H,27,34). The third-order valence-corrected chi connectivity index (χ3v) is 7.16. The summed E-state index contributed by atoms with van der Waals surface area (Å²) in [7, 11) is 0. The number of benzene rings is 1. The van der Waals surface area contributed by atoms with E-state index in [0.717, 1.165) is 41.5 Å². The predicted molar refractivity (Wildman–Crippen MR) is 135 cm³/mol. The Morgan fingerprint density at radius 1 is 1.20 bits per heavy atom. The third kappa shape index (κ3) is 5.07. The van der Waals surface area contributed by atoms with Crippen LogP contribution in [0.2, 0.25) is 0 Å². The highest BCUT2D eigenvalue weighted by atomic mass is 32.1. The lowest BCUT2D eigenvalue weighted by molar-refractivity contribution is -0.127. The Bertz CT molecular complexity index is 1310. The van der Waals surface area contributed by atoms with Crippen LogP contribution in [0.4, 0.5) is 5.69 Å². The van der Waals surface area contributed by atoms with Crippen LogP contribution in [0.3, 0.4) is 0 Å². The minimum atomic E-state index is -0.675. The van der Waals surface area contributed by atoms with Gasteiger partial charge in [-0.15, -0.1) is 21.5 Å². The number of rotatable bonds is 8. The number of fused-ring (bicyclic) bond motifs is 1. The molecular weight excluding hydrogens is 462 g/mol. The van der Waals surface area contributed by atoms with Gasteiger partial charge in [0.15, 0.2) is 0 Å². The number of aromatic nitrogens is 5. The van der Waals surface area contributed by atoms with Gasteiger partial charge in [0, 0.05) is 11.4 Å². The monoisotopic (exact) mass is 489 g/mol. The van der Waals surface area contributed by atoms with E-state index in [0.29, 0.717) is 17.9 Å². The van der Waals surface area contributed by atoms with Crippen molar-refractivity contribution in [2.24, 2.45) is 0 Å². The molecule has 1 aromatic carbocycles. The molecule has 1 fully saturated rings. The van der Waals surface area contributed by atoms with Crippen molar-refractivity contribution in [3.05, 3.63) is 54.0 Å². The molecule has 4 aromatic rings. The summed E-state index contributed by atoms with van der Waals surface area (Å²) in [6.07, 6.45) is 6.29. The predicted octanol–water partition coefficient (Wildman–Crippen LogP) is 3.82. The van der Waals surface area contributed by atoms with E-state index in [-0.39, 0.29) is 24.4 Å². The van der Waals surface area contributed by atoms with Gasteiger partial charge >= 0.3 is 0 Å². The van der Waals surface area contributed by atoms with E-state index in [2.05, 4.69) is 25.7 Å². The summed E-state index contributed by atoms with van der Waals surface area (Å²) in [5, 5.41) is 18.5. The minimum absolute atomic E-state index is 0.140. The number of thiophene rings is 1. The molecule has 35 heavy (non-hydrogen) atoms. The first kappa shape index (κ1) is 23.1. The smallest absolute Gasteiger partial charge is 0.251 e. The number of nitrogens with one attached hydrogen (secondary N) is 1. The fourth-order valence-corrected chi connectivity index (χ4v) is 5.20. The van der Waals surface area contributed by atoms with Crippen molar-refractivity contribution >= 4 is 39.7 Å². The van der Waals surface area contributed by atoms with Gasteiger partial charge in [-0.2, -0.15) is 4.80 Å². The van der Waals surface area contributed by atoms with Gasteiger partial charge in [-0.05, 0) is 48.1 Å². The van der Waals surface area contributed by atoms with Gasteiger partial charge in [0.05, 0.1) is 22.3 Å². The molecule has 9 nitrogen and oxygen atoms in total. The second-order valence-corrected chi connectivity index (χ2v) is 9.63. The summed E-state index contributed by atoms with van der Waals surface area (Å²) >= 11 is 1.51. The van der Waals surface area contributed by atoms with Gasteiger partial charge in [0.2, 0.25) is 11.7 Å². The minimum Gasteiger partial charge on any atom is -0.352 e. The zero-order chi connectivity index (χ0) is 24.2. The molecule has 0 aliphatic heterocycles. The van der Waals surface area contributed by atoms with Crippen LogP contribution in [-0.4, -0.2) is 49.1 Å². The number of para-hydroxylation sites is 1. The second-order valence-electron chi connectivity index (χ2n) is 8.68. The zero-order valence-electron chi connectivity index (χ0n) is 19.5. The highest BCUT2D eigenvalue weighted by Crippen LogP contribution is 2.25. The molecule has 1 unspecified atom stereocenters. The summed E-state index contributed by atoms with van der Waals surface area (Å²) in [4.78, 5) is 35.3. The van der Waals surface area contributed by atoms with E-state index >= 15 is 0 Å². The first-order valence-electron chi connectivity index (χ1n) is 11.9. The number of pyridine rings is 1. The number of hydrogen-bond acceptors (Lipinski definition) is 7. The van der Waals surface area contributed by atoms with E-state index in [1.54, 1.807) is 6.20 Å². The maximum absolute atomic E-state index is 13.7. The van der Waals surface area contributed by atoms with Crippen molar-refractivity contribution in [2.75, 3.05) is 4.90 Å². The molecule has 5 rings (SSSR count). The Morgan fingerprint density at radius 2 is 2.03 bits per heavy atom. The highest BCUT2D eigenvalue weighted by molar-refractivity contribution is 7.13. The number of tetrazole rings is 1. The molecule has 1 atom stereocenters. The largest absolute Gasteiger partial charge is 0.352 e. The summed E-state index contributed by atoms with van der Waals surface area (Å²) in [6.45, 7) is 1.77. The van der Waals surface area contributed by atoms with Crippen LogP contribution in [0.15, 0.2) is 54.0 Å². The summed E-state index contributed by atoms with van der Waals surface area (Å²) in [5.41, 5.74) is 1.39. The molecule has 180 valence electrons. The quantitative estimate of drug-likeness (QED) is 0.403. The zero-order valence-corrected chi connectivity index (χ0v) is 20.3. The number of hydrogen-bond donors (Lipinski definition) is 1. The van der Waals surface area contributed by atoms with Crippen molar-refractivity contribution in [3.63, 3.8) is 0 Å². The lowest BCUT2D eigenvalue weighted by Gasteiger charge is -2.31. The second kappa shape index (κ2) is 10.3. The summed E-state index contributed by atoms with van der Waals surface area (Å²) in [6, 6.07) is 12.9. The van der Waals surface area contributed by atoms with Crippen molar-refractivity contribution in [1.29, 1.82) is 0 Å². The lowest BCUT2D eigenvalue weighted by atomic mass is 10.1. The highest BCUT2D eigenvalue weighted by Gasteiger charge is 2.32. The average Bonchev–Trinajstić information content (AvgIpc) is 3.65. The van der Waals surface area contributed by atoms with Gasteiger partial charge in [0.25, 0.3) is 5.91 Å². The van der Waals surface area contributed by atoms with Crippen LogP contribution in [0.5, 0.6) is 0 Å². The first-order valence-corrected chi connectivity index (χ1v) is 12.8. The van der Waals surface area contributed by atoms with Crippen LogP contribution in [0.25, 0.3) is 21.6 Å². The Kier molecular flexibility index (Phi) is 6.80. The molecule has 0 bridgehead atoms.